The van der Waals surface area contributed by atoms with Crippen LogP contribution in [0.15, 0.2) is 18.2 Å². The van der Waals surface area contributed by atoms with Crippen molar-refractivity contribution in [3.63, 3.8) is 0 Å². The van der Waals surface area contributed by atoms with E-state index in [9.17, 15) is 13.2 Å². The lowest BCUT2D eigenvalue weighted by atomic mass is 10.1. The van der Waals surface area contributed by atoms with Crippen molar-refractivity contribution in [2.75, 3.05) is 21.9 Å². The van der Waals surface area contributed by atoms with Crippen LogP contribution >= 0.6 is 11.6 Å². The predicted molar refractivity (Wildman–Crippen MR) is 92.3 cm³/mol. The van der Waals surface area contributed by atoms with Gasteiger partial charge in [-0.2, -0.15) is 0 Å². The molecule has 1 atom stereocenters. The zero-order chi connectivity index (χ0) is 16.6. The van der Waals surface area contributed by atoms with Crippen molar-refractivity contribution >= 4 is 38.9 Å². The van der Waals surface area contributed by atoms with Crippen LogP contribution in [-0.2, 0) is 14.8 Å². The van der Waals surface area contributed by atoms with Gasteiger partial charge in [-0.1, -0.05) is 18.5 Å². The molecular weight excluding hydrogens is 336 g/mol. The third-order valence-electron chi connectivity index (χ3n) is 4.58. The Morgan fingerprint density at radius 3 is 2.70 bits per heavy atom. The van der Waals surface area contributed by atoms with Gasteiger partial charge in [-0.25, -0.2) is 8.42 Å². The molecule has 3 rings (SSSR count). The molecular formula is C16H21ClN2O3S. The molecule has 1 aromatic carbocycles. The van der Waals surface area contributed by atoms with Crippen LogP contribution < -0.4 is 9.62 Å². The standard InChI is InChI=1S/C16H21ClN2O3S/c1-11(12-4-5-12)16(20)18-13-6-7-15(14(17)10-13)19-8-2-3-9-23(19,21)22/h6-7,10-12H,2-5,8-9H2,1H3,(H,18,20). The highest BCUT2D eigenvalue weighted by molar-refractivity contribution is 7.92. The van der Waals surface area contributed by atoms with Crippen LogP contribution in [0.1, 0.15) is 32.6 Å². The Bertz CT molecular complexity index is 716. The summed E-state index contributed by atoms with van der Waals surface area (Å²) in [5.74, 6) is 0.627. The first-order valence-electron chi connectivity index (χ1n) is 7.99. The second-order valence-electron chi connectivity index (χ2n) is 6.38. The van der Waals surface area contributed by atoms with Crippen LogP contribution in [0, 0.1) is 11.8 Å². The van der Waals surface area contributed by atoms with Gasteiger partial charge in [-0.15, -0.1) is 0 Å². The minimum Gasteiger partial charge on any atom is -0.326 e. The molecule has 2 aliphatic rings. The molecule has 1 aromatic rings. The SMILES string of the molecule is CC(C(=O)Nc1ccc(N2CCCCS2(=O)=O)c(Cl)c1)C1CC1. The zero-order valence-electron chi connectivity index (χ0n) is 13.1. The largest absolute Gasteiger partial charge is 0.326 e. The maximum absolute atomic E-state index is 12.2. The molecule has 1 unspecified atom stereocenters. The van der Waals surface area contributed by atoms with E-state index in [-0.39, 0.29) is 17.6 Å². The number of anilines is 2. The highest BCUT2D eigenvalue weighted by Crippen LogP contribution is 2.37. The highest BCUT2D eigenvalue weighted by Gasteiger charge is 2.33. The topological polar surface area (TPSA) is 66.5 Å². The third-order valence-corrected chi connectivity index (χ3v) is 6.73. The molecule has 0 radical (unpaired) electrons. The second-order valence-corrected chi connectivity index (χ2v) is 8.80. The smallest absolute Gasteiger partial charge is 0.235 e. The lowest BCUT2D eigenvalue weighted by molar-refractivity contribution is -0.119. The minimum absolute atomic E-state index is 0.00377. The minimum atomic E-state index is -3.29. The number of halogens is 1. The number of amides is 1. The van der Waals surface area contributed by atoms with Gasteiger partial charge < -0.3 is 5.32 Å². The molecule has 0 spiro atoms. The van der Waals surface area contributed by atoms with Crippen LogP contribution in [-0.4, -0.2) is 26.6 Å². The summed E-state index contributed by atoms with van der Waals surface area (Å²) in [5.41, 5.74) is 1.09. The normalized spacial score (nSPS) is 21.7. The number of carbonyl (C=O) groups is 1. The Balaban J connectivity index is 1.76. The maximum Gasteiger partial charge on any atom is 0.235 e. The van der Waals surface area contributed by atoms with Crippen LogP contribution in [0.25, 0.3) is 0 Å². The van der Waals surface area contributed by atoms with E-state index in [0.29, 0.717) is 35.3 Å². The fourth-order valence-electron chi connectivity index (χ4n) is 2.91. The van der Waals surface area contributed by atoms with E-state index in [0.717, 1.165) is 19.3 Å². The van der Waals surface area contributed by atoms with Gasteiger partial charge >= 0.3 is 0 Å². The molecule has 2 fully saturated rings. The van der Waals surface area contributed by atoms with Gasteiger partial charge in [0.05, 0.1) is 16.5 Å². The average Bonchev–Trinajstić information content (AvgIpc) is 3.32. The molecule has 1 amide bonds. The molecule has 1 saturated carbocycles. The first kappa shape index (κ1) is 16.6. The number of sulfonamides is 1. The lowest BCUT2D eigenvalue weighted by Gasteiger charge is -2.29. The Morgan fingerprint density at radius 2 is 2.09 bits per heavy atom. The molecule has 1 aliphatic carbocycles. The van der Waals surface area contributed by atoms with Crippen molar-refractivity contribution in [3.05, 3.63) is 23.2 Å². The molecule has 1 aliphatic heterocycles. The molecule has 1 saturated heterocycles. The van der Waals surface area contributed by atoms with Crippen LogP contribution in [0.3, 0.4) is 0 Å². The maximum atomic E-state index is 12.2. The van der Waals surface area contributed by atoms with Crippen LogP contribution in [0.5, 0.6) is 0 Å². The molecule has 1 heterocycles. The number of nitrogens with one attached hydrogen (secondary N) is 1. The Hall–Kier alpha value is -1.27. The Labute approximate surface area is 142 Å². The van der Waals surface area contributed by atoms with Gasteiger partial charge in [0, 0.05) is 18.2 Å². The van der Waals surface area contributed by atoms with E-state index in [1.54, 1.807) is 18.2 Å². The van der Waals surface area contributed by atoms with Crippen molar-refractivity contribution in [2.24, 2.45) is 11.8 Å². The summed E-state index contributed by atoms with van der Waals surface area (Å²) in [6.07, 6.45) is 3.73. The lowest BCUT2D eigenvalue weighted by Crippen LogP contribution is -2.38. The van der Waals surface area contributed by atoms with Crippen molar-refractivity contribution in [2.45, 2.75) is 32.6 Å². The predicted octanol–water partition coefficient (Wildman–Crippen LogP) is 3.25. The number of carbonyl (C=O) groups excluding carboxylic acids is 1. The van der Waals surface area contributed by atoms with E-state index in [1.165, 1.54) is 4.31 Å². The Morgan fingerprint density at radius 1 is 1.35 bits per heavy atom. The van der Waals surface area contributed by atoms with E-state index in [4.69, 9.17) is 11.6 Å². The molecule has 1 N–H and O–H groups in total. The van der Waals surface area contributed by atoms with Gasteiger partial charge in [0.1, 0.15) is 0 Å². The molecule has 7 heteroatoms. The fourth-order valence-corrected chi connectivity index (χ4v) is 4.90. The number of hydrogen-bond acceptors (Lipinski definition) is 3. The summed E-state index contributed by atoms with van der Waals surface area (Å²) >= 11 is 6.27. The number of nitrogens with zero attached hydrogens (tertiary/aromatic N) is 1. The van der Waals surface area contributed by atoms with Crippen molar-refractivity contribution < 1.29 is 13.2 Å². The van der Waals surface area contributed by atoms with E-state index >= 15 is 0 Å². The molecule has 126 valence electrons. The third kappa shape index (κ3) is 3.63. The summed E-state index contributed by atoms with van der Waals surface area (Å²) in [6, 6.07) is 5.00. The van der Waals surface area contributed by atoms with Crippen LogP contribution in [0.4, 0.5) is 11.4 Å². The average molecular weight is 357 g/mol. The number of benzene rings is 1. The van der Waals surface area contributed by atoms with Gasteiger partial charge in [-0.3, -0.25) is 9.10 Å². The number of hydrogen-bond donors (Lipinski definition) is 1. The van der Waals surface area contributed by atoms with Gasteiger partial charge in [-0.05, 0) is 49.8 Å². The molecule has 5 nitrogen and oxygen atoms in total. The van der Waals surface area contributed by atoms with Crippen molar-refractivity contribution in [3.8, 4) is 0 Å². The van der Waals surface area contributed by atoms with Crippen molar-refractivity contribution in [1.29, 1.82) is 0 Å². The number of rotatable bonds is 4. The summed E-state index contributed by atoms with van der Waals surface area (Å²) in [7, 11) is -3.29. The molecule has 0 aromatic heterocycles. The van der Waals surface area contributed by atoms with Crippen LogP contribution in [0.2, 0.25) is 5.02 Å². The first-order chi connectivity index (χ1) is 10.9. The summed E-state index contributed by atoms with van der Waals surface area (Å²) in [5, 5.41) is 3.20. The summed E-state index contributed by atoms with van der Waals surface area (Å²) in [4.78, 5) is 12.1. The molecule has 23 heavy (non-hydrogen) atoms. The van der Waals surface area contributed by atoms with E-state index in [2.05, 4.69) is 5.32 Å². The zero-order valence-corrected chi connectivity index (χ0v) is 14.7. The van der Waals surface area contributed by atoms with Crippen molar-refractivity contribution in [1.82, 2.24) is 0 Å². The molecule has 0 bridgehead atoms. The summed E-state index contributed by atoms with van der Waals surface area (Å²) < 4.78 is 25.7. The quantitative estimate of drug-likeness (QED) is 0.900. The Kier molecular flexibility index (Phi) is 4.56. The summed E-state index contributed by atoms with van der Waals surface area (Å²) in [6.45, 7) is 2.38. The van der Waals surface area contributed by atoms with Gasteiger partial charge in [0.2, 0.25) is 15.9 Å². The highest BCUT2D eigenvalue weighted by atomic mass is 35.5. The van der Waals surface area contributed by atoms with E-state index < -0.39 is 10.0 Å². The first-order valence-corrected chi connectivity index (χ1v) is 9.98. The van der Waals surface area contributed by atoms with E-state index in [1.807, 2.05) is 6.92 Å². The van der Waals surface area contributed by atoms with Gasteiger partial charge in [0.25, 0.3) is 0 Å². The second kappa shape index (κ2) is 6.32. The fraction of sp³-hybridized carbons (Fsp3) is 0.562. The monoisotopic (exact) mass is 356 g/mol. The van der Waals surface area contributed by atoms with Gasteiger partial charge in [0.15, 0.2) is 0 Å².